The second-order valence-electron chi connectivity index (χ2n) is 5.80. The van der Waals surface area contributed by atoms with Crippen LogP contribution in [-0.2, 0) is 4.79 Å². The van der Waals surface area contributed by atoms with Gasteiger partial charge >= 0.3 is 5.97 Å². The van der Waals surface area contributed by atoms with Crippen LogP contribution in [0, 0.1) is 5.82 Å². The highest BCUT2D eigenvalue weighted by Crippen LogP contribution is 2.22. The van der Waals surface area contributed by atoms with Crippen LogP contribution < -0.4 is 10.1 Å². The molecule has 0 aliphatic heterocycles. The Balaban J connectivity index is 1.94. The van der Waals surface area contributed by atoms with E-state index >= 15 is 0 Å². The lowest BCUT2D eigenvalue weighted by molar-refractivity contribution is -0.144. The van der Waals surface area contributed by atoms with Crippen LogP contribution in [0.1, 0.15) is 24.2 Å². The molecule has 0 aromatic heterocycles. The van der Waals surface area contributed by atoms with Gasteiger partial charge < -0.3 is 15.2 Å². The van der Waals surface area contributed by atoms with E-state index < -0.39 is 17.9 Å². The van der Waals surface area contributed by atoms with Gasteiger partial charge in [0.1, 0.15) is 11.6 Å². The number of carbonyl (C=O) groups excluding carboxylic acids is 1. The molecule has 2 rings (SSSR count). The van der Waals surface area contributed by atoms with E-state index in [4.69, 9.17) is 4.74 Å². The van der Waals surface area contributed by atoms with Gasteiger partial charge in [0.25, 0.3) is 5.91 Å². The standard InChI is InChI=1S/C19H20FNO4S/c1-12(2)26-16-9-3-13(4-10-16)18(22)21-11-17(19(23)24)25-15-7-5-14(20)6-8-15/h3-10,12,17H,11H2,1-2H3,(H,21,22)(H,23,24). The molecule has 0 aliphatic carbocycles. The highest BCUT2D eigenvalue weighted by atomic mass is 32.2. The van der Waals surface area contributed by atoms with E-state index in [1.807, 2.05) is 12.1 Å². The molecule has 26 heavy (non-hydrogen) atoms. The largest absolute Gasteiger partial charge is 0.478 e. The molecule has 0 bridgehead atoms. The number of halogens is 1. The first-order chi connectivity index (χ1) is 12.3. The fourth-order valence-electron chi connectivity index (χ4n) is 2.10. The van der Waals surface area contributed by atoms with Crippen molar-refractivity contribution in [3.05, 3.63) is 59.9 Å². The van der Waals surface area contributed by atoms with Crippen LogP contribution in [0.3, 0.4) is 0 Å². The Morgan fingerprint density at radius 2 is 1.73 bits per heavy atom. The molecule has 0 radical (unpaired) electrons. The van der Waals surface area contributed by atoms with Gasteiger partial charge in [-0.25, -0.2) is 9.18 Å². The molecule has 138 valence electrons. The molecule has 0 fully saturated rings. The first kappa shape index (κ1) is 19.8. The Kier molecular flexibility index (Phi) is 7.03. The SMILES string of the molecule is CC(C)Sc1ccc(C(=O)NCC(Oc2ccc(F)cc2)C(=O)O)cc1. The summed E-state index contributed by atoms with van der Waals surface area (Å²) < 4.78 is 18.2. The van der Waals surface area contributed by atoms with Crippen molar-refractivity contribution in [1.29, 1.82) is 0 Å². The van der Waals surface area contributed by atoms with Gasteiger partial charge in [0, 0.05) is 15.7 Å². The highest BCUT2D eigenvalue weighted by molar-refractivity contribution is 7.99. The average Bonchev–Trinajstić information content (AvgIpc) is 2.59. The molecule has 0 saturated carbocycles. The van der Waals surface area contributed by atoms with Gasteiger partial charge in [-0.15, -0.1) is 11.8 Å². The first-order valence-electron chi connectivity index (χ1n) is 8.05. The zero-order valence-corrected chi connectivity index (χ0v) is 15.3. The van der Waals surface area contributed by atoms with Crippen molar-refractivity contribution in [1.82, 2.24) is 5.32 Å². The Morgan fingerprint density at radius 3 is 2.27 bits per heavy atom. The number of hydrogen-bond acceptors (Lipinski definition) is 4. The van der Waals surface area contributed by atoms with Crippen LogP contribution >= 0.6 is 11.8 Å². The minimum absolute atomic E-state index is 0.211. The van der Waals surface area contributed by atoms with E-state index in [1.54, 1.807) is 23.9 Å². The van der Waals surface area contributed by atoms with Gasteiger partial charge in [-0.1, -0.05) is 13.8 Å². The summed E-state index contributed by atoms with van der Waals surface area (Å²) in [5, 5.41) is 12.2. The van der Waals surface area contributed by atoms with E-state index in [2.05, 4.69) is 19.2 Å². The van der Waals surface area contributed by atoms with E-state index in [0.717, 1.165) is 4.90 Å². The summed E-state index contributed by atoms with van der Waals surface area (Å²) in [5.74, 6) is -1.85. The van der Waals surface area contributed by atoms with E-state index in [9.17, 15) is 19.1 Å². The minimum atomic E-state index is -1.28. The number of carbonyl (C=O) groups is 2. The van der Waals surface area contributed by atoms with Crippen LogP contribution in [0.25, 0.3) is 0 Å². The second-order valence-corrected chi connectivity index (χ2v) is 7.45. The molecule has 5 nitrogen and oxygen atoms in total. The number of carboxylic acid groups (broad SMARTS) is 1. The lowest BCUT2D eigenvalue weighted by Crippen LogP contribution is -2.40. The van der Waals surface area contributed by atoms with E-state index in [-0.39, 0.29) is 18.2 Å². The van der Waals surface area contributed by atoms with Gasteiger partial charge in [-0.05, 0) is 48.5 Å². The third kappa shape index (κ3) is 6.07. The summed E-state index contributed by atoms with van der Waals surface area (Å²) in [6.07, 6.45) is -1.28. The molecule has 1 unspecified atom stereocenters. The maximum Gasteiger partial charge on any atom is 0.346 e. The highest BCUT2D eigenvalue weighted by Gasteiger charge is 2.21. The van der Waals surface area contributed by atoms with Crippen LogP contribution in [-0.4, -0.2) is 34.9 Å². The molecule has 2 aromatic rings. The van der Waals surface area contributed by atoms with Crippen molar-refractivity contribution < 1.29 is 23.8 Å². The van der Waals surface area contributed by atoms with Crippen molar-refractivity contribution >= 4 is 23.6 Å². The molecule has 2 N–H and O–H groups in total. The maximum absolute atomic E-state index is 12.9. The third-order valence-electron chi connectivity index (χ3n) is 3.30. The number of rotatable bonds is 8. The molecule has 2 aromatic carbocycles. The molecule has 1 atom stereocenters. The summed E-state index contributed by atoms with van der Waals surface area (Å²) in [7, 11) is 0. The van der Waals surface area contributed by atoms with Crippen molar-refractivity contribution in [3.63, 3.8) is 0 Å². The molecular weight excluding hydrogens is 357 g/mol. The summed E-state index contributed by atoms with van der Waals surface area (Å²) in [4.78, 5) is 24.6. The summed E-state index contributed by atoms with van der Waals surface area (Å²) in [6, 6.07) is 12.1. The van der Waals surface area contributed by atoms with E-state index in [0.29, 0.717) is 10.8 Å². The fraction of sp³-hybridized carbons (Fsp3) is 0.263. The van der Waals surface area contributed by atoms with Gasteiger partial charge in [0.15, 0.2) is 0 Å². The summed E-state index contributed by atoms with van der Waals surface area (Å²) in [5.41, 5.74) is 0.434. The first-order valence-corrected chi connectivity index (χ1v) is 8.93. The number of amides is 1. The predicted octanol–water partition coefficient (Wildman–Crippen LogP) is 3.59. The zero-order chi connectivity index (χ0) is 19.1. The number of carboxylic acids is 1. The fourth-order valence-corrected chi connectivity index (χ4v) is 2.94. The monoisotopic (exact) mass is 377 g/mol. The molecule has 0 aliphatic rings. The van der Waals surface area contributed by atoms with Gasteiger partial charge in [-0.2, -0.15) is 0 Å². The number of thioether (sulfide) groups is 1. The van der Waals surface area contributed by atoms with Crippen LogP contribution in [0.4, 0.5) is 4.39 Å². The van der Waals surface area contributed by atoms with Crippen molar-refractivity contribution in [2.45, 2.75) is 30.1 Å². The minimum Gasteiger partial charge on any atom is -0.478 e. The number of benzene rings is 2. The number of ether oxygens (including phenoxy) is 1. The molecule has 0 spiro atoms. The zero-order valence-electron chi connectivity index (χ0n) is 14.4. The molecule has 0 saturated heterocycles. The Labute approximate surface area is 155 Å². The summed E-state index contributed by atoms with van der Waals surface area (Å²) in [6.45, 7) is 3.95. The van der Waals surface area contributed by atoms with Crippen LogP contribution in [0.5, 0.6) is 5.75 Å². The number of hydrogen-bond donors (Lipinski definition) is 2. The molecule has 7 heteroatoms. The Hall–Kier alpha value is -2.54. The van der Waals surface area contributed by atoms with Gasteiger partial charge in [0.05, 0.1) is 6.54 Å². The lowest BCUT2D eigenvalue weighted by atomic mass is 10.2. The van der Waals surface area contributed by atoms with Gasteiger partial charge in [-0.3, -0.25) is 4.79 Å². The summed E-state index contributed by atoms with van der Waals surface area (Å²) >= 11 is 1.69. The lowest BCUT2D eigenvalue weighted by Gasteiger charge is -2.16. The Morgan fingerprint density at radius 1 is 1.12 bits per heavy atom. The number of aliphatic carboxylic acids is 1. The van der Waals surface area contributed by atoms with Crippen LogP contribution in [0.2, 0.25) is 0 Å². The normalized spacial score (nSPS) is 11.8. The van der Waals surface area contributed by atoms with E-state index in [1.165, 1.54) is 24.3 Å². The Bertz CT molecular complexity index is 747. The van der Waals surface area contributed by atoms with Crippen molar-refractivity contribution in [3.8, 4) is 5.75 Å². The molecule has 0 heterocycles. The van der Waals surface area contributed by atoms with Crippen molar-refractivity contribution in [2.75, 3.05) is 6.54 Å². The predicted molar refractivity (Wildman–Crippen MR) is 98.2 cm³/mol. The maximum atomic E-state index is 12.9. The van der Waals surface area contributed by atoms with Gasteiger partial charge in [0.2, 0.25) is 6.10 Å². The van der Waals surface area contributed by atoms with Crippen LogP contribution in [0.15, 0.2) is 53.4 Å². The smallest absolute Gasteiger partial charge is 0.346 e. The topological polar surface area (TPSA) is 75.6 Å². The second kappa shape index (κ2) is 9.24. The quantitative estimate of drug-likeness (QED) is 0.688. The average molecular weight is 377 g/mol. The van der Waals surface area contributed by atoms with Crippen molar-refractivity contribution in [2.24, 2.45) is 0 Å². The third-order valence-corrected chi connectivity index (χ3v) is 4.32. The molecular formula is C19H20FNO4S. The number of nitrogens with one attached hydrogen (secondary N) is 1. The molecule has 1 amide bonds.